The summed E-state index contributed by atoms with van der Waals surface area (Å²) >= 11 is 6.08. The zero-order valence-electron chi connectivity index (χ0n) is 11.3. The monoisotopic (exact) mass is 284 g/mol. The van der Waals surface area contributed by atoms with E-state index in [2.05, 4.69) is 27.1 Å². The first kappa shape index (κ1) is 14.3. The molecule has 0 bridgehead atoms. The van der Waals surface area contributed by atoms with Crippen LogP contribution in [0.5, 0.6) is 0 Å². The molecule has 0 amide bonds. The van der Waals surface area contributed by atoms with Gasteiger partial charge in [0.15, 0.2) is 5.82 Å². The molecule has 2 heterocycles. The summed E-state index contributed by atoms with van der Waals surface area (Å²) in [5.74, 6) is 1.20. The quantitative estimate of drug-likeness (QED) is 0.863. The van der Waals surface area contributed by atoms with E-state index >= 15 is 0 Å². The molecule has 106 valence electrons. The summed E-state index contributed by atoms with van der Waals surface area (Å²) < 4.78 is 0. The molecule has 1 aliphatic rings. The molecule has 0 spiro atoms. The number of nitrogens with zero attached hydrogens (tertiary/aromatic N) is 2. The third-order valence-corrected chi connectivity index (χ3v) is 3.79. The van der Waals surface area contributed by atoms with Gasteiger partial charge in [0.25, 0.3) is 5.56 Å². The van der Waals surface area contributed by atoms with Crippen molar-refractivity contribution in [2.24, 2.45) is 5.92 Å². The SMILES string of the molecule is CCCN(CC1CCCNC1)c1nc[nH]c(=O)c1Cl. The number of aromatic nitrogens is 2. The Balaban J connectivity index is 2.14. The molecule has 2 rings (SSSR count). The molecule has 5 nitrogen and oxygen atoms in total. The van der Waals surface area contributed by atoms with E-state index in [1.165, 1.54) is 19.2 Å². The summed E-state index contributed by atoms with van der Waals surface area (Å²) in [5, 5.41) is 3.61. The van der Waals surface area contributed by atoms with E-state index in [-0.39, 0.29) is 10.6 Å². The van der Waals surface area contributed by atoms with E-state index in [4.69, 9.17) is 11.6 Å². The predicted molar refractivity (Wildman–Crippen MR) is 78.0 cm³/mol. The van der Waals surface area contributed by atoms with Crippen LogP contribution < -0.4 is 15.8 Å². The maximum atomic E-state index is 11.6. The largest absolute Gasteiger partial charge is 0.355 e. The number of nitrogens with one attached hydrogen (secondary N) is 2. The van der Waals surface area contributed by atoms with Crippen molar-refractivity contribution in [3.63, 3.8) is 0 Å². The molecular weight excluding hydrogens is 264 g/mol. The Labute approximate surface area is 118 Å². The van der Waals surface area contributed by atoms with Crippen LogP contribution in [0.2, 0.25) is 5.02 Å². The summed E-state index contributed by atoms with van der Waals surface area (Å²) in [6.07, 6.45) is 4.85. The molecule has 1 aliphatic heterocycles. The Morgan fingerprint density at radius 3 is 3.11 bits per heavy atom. The lowest BCUT2D eigenvalue weighted by atomic mass is 9.99. The number of hydrogen-bond acceptors (Lipinski definition) is 4. The van der Waals surface area contributed by atoms with Gasteiger partial charge in [-0.2, -0.15) is 0 Å². The predicted octanol–water partition coefficient (Wildman–Crippen LogP) is 1.64. The first-order chi connectivity index (χ1) is 9.22. The van der Waals surface area contributed by atoms with Gasteiger partial charge in [0.1, 0.15) is 5.02 Å². The molecule has 19 heavy (non-hydrogen) atoms. The summed E-state index contributed by atoms with van der Waals surface area (Å²) in [6, 6.07) is 0. The minimum atomic E-state index is -0.269. The van der Waals surface area contributed by atoms with E-state index < -0.39 is 0 Å². The van der Waals surface area contributed by atoms with Crippen molar-refractivity contribution in [2.45, 2.75) is 26.2 Å². The van der Waals surface area contributed by atoms with Crippen LogP contribution in [-0.2, 0) is 0 Å². The van der Waals surface area contributed by atoms with E-state index in [1.807, 2.05) is 0 Å². The van der Waals surface area contributed by atoms with Gasteiger partial charge in [-0.1, -0.05) is 18.5 Å². The minimum absolute atomic E-state index is 0.194. The zero-order valence-corrected chi connectivity index (χ0v) is 12.0. The number of anilines is 1. The molecule has 0 aromatic carbocycles. The highest BCUT2D eigenvalue weighted by atomic mass is 35.5. The van der Waals surface area contributed by atoms with Crippen LogP contribution in [0.15, 0.2) is 11.1 Å². The fourth-order valence-corrected chi connectivity index (χ4v) is 2.76. The summed E-state index contributed by atoms with van der Waals surface area (Å²) in [6.45, 7) is 6.02. The highest BCUT2D eigenvalue weighted by molar-refractivity contribution is 6.32. The van der Waals surface area contributed by atoms with Crippen LogP contribution >= 0.6 is 11.6 Å². The molecule has 2 N–H and O–H groups in total. The van der Waals surface area contributed by atoms with Crippen molar-refractivity contribution in [2.75, 3.05) is 31.1 Å². The lowest BCUT2D eigenvalue weighted by Crippen LogP contribution is -2.39. The third kappa shape index (κ3) is 3.70. The van der Waals surface area contributed by atoms with Gasteiger partial charge in [-0.25, -0.2) is 4.98 Å². The van der Waals surface area contributed by atoms with Gasteiger partial charge in [0.2, 0.25) is 0 Å². The maximum absolute atomic E-state index is 11.6. The van der Waals surface area contributed by atoms with Gasteiger partial charge >= 0.3 is 0 Å². The Bertz CT molecular complexity index is 456. The number of rotatable bonds is 5. The summed E-state index contributed by atoms with van der Waals surface area (Å²) in [4.78, 5) is 20.5. The van der Waals surface area contributed by atoms with Crippen molar-refractivity contribution >= 4 is 17.4 Å². The number of piperidine rings is 1. The zero-order chi connectivity index (χ0) is 13.7. The fraction of sp³-hybridized carbons (Fsp3) is 0.692. The number of hydrogen-bond donors (Lipinski definition) is 2. The van der Waals surface area contributed by atoms with Gasteiger partial charge in [-0.05, 0) is 38.3 Å². The summed E-state index contributed by atoms with van der Waals surface area (Å²) in [5.41, 5.74) is -0.269. The average molecular weight is 285 g/mol. The normalized spacial score (nSPS) is 19.4. The molecular formula is C13H21ClN4O. The molecule has 0 aliphatic carbocycles. The molecule has 1 atom stereocenters. The molecule has 0 radical (unpaired) electrons. The number of H-pyrrole nitrogens is 1. The highest BCUT2D eigenvalue weighted by Crippen LogP contribution is 2.21. The van der Waals surface area contributed by atoms with Crippen LogP contribution in [0, 0.1) is 5.92 Å². The standard InChI is InChI=1S/C13H21ClN4O/c1-2-6-18(8-10-4-3-5-15-7-10)12-11(14)13(19)17-9-16-12/h9-10,15H,2-8H2,1H3,(H,16,17,19). The first-order valence-electron chi connectivity index (χ1n) is 6.91. The van der Waals surface area contributed by atoms with E-state index in [1.54, 1.807) is 0 Å². The summed E-state index contributed by atoms with van der Waals surface area (Å²) in [7, 11) is 0. The first-order valence-corrected chi connectivity index (χ1v) is 7.29. The lowest BCUT2D eigenvalue weighted by Gasteiger charge is -2.31. The molecule has 1 fully saturated rings. The second-order valence-electron chi connectivity index (χ2n) is 5.03. The van der Waals surface area contributed by atoms with E-state index in [9.17, 15) is 4.79 Å². The molecule has 1 aromatic heterocycles. The highest BCUT2D eigenvalue weighted by Gasteiger charge is 2.20. The van der Waals surface area contributed by atoms with Crippen molar-refractivity contribution in [1.82, 2.24) is 15.3 Å². The van der Waals surface area contributed by atoms with Gasteiger partial charge in [-0.15, -0.1) is 0 Å². The van der Waals surface area contributed by atoms with Crippen LogP contribution in [0.3, 0.4) is 0 Å². The van der Waals surface area contributed by atoms with Crippen molar-refractivity contribution in [3.05, 3.63) is 21.7 Å². The van der Waals surface area contributed by atoms with Crippen LogP contribution in [-0.4, -0.2) is 36.1 Å². The maximum Gasteiger partial charge on any atom is 0.271 e. The number of aromatic amines is 1. The van der Waals surface area contributed by atoms with Gasteiger partial charge in [0.05, 0.1) is 6.33 Å². The van der Waals surface area contributed by atoms with E-state index in [0.717, 1.165) is 32.6 Å². The molecule has 1 saturated heterocycles. The van der Waals surface area contributed by atoms with Crippen LogP contribution in [0.1, 0.15) is 26.2 Å². The Morgan fingerprint density at radius 2 is 2.42 bits per heavy atom. The van der Waals surface area contributed by atoms with Crippen molar-refractivity contribution in [1.29, 1.82) is 0 Å². The van der Waals surface area contributed by atoms with Crippen molar-refractivity contribution in [3.8, 4) is 0 Å². The minimum Gasteiger partial charge on any atom is -0.355 e. The molecule has 1 unspecified atom stereocenters. The Kier molecular flexibility index (Phi) is 5.22. The smallest absolute Gasteiger partial charge is 0.271 e. The lowest BCUT2D eigenvalue weighted by molar-refractivity contribution is 0.376. The van der Waals surface area contributed by atoms with Gasteiger partial charge < -0.3 is 15.2 Å². The van der Waals surface area contributed by atoms with Crippen LogP contribution in [0.4, 0.5) is 5.82 Å². The Hall–Kier alpha value is -1.07. The second kappa shape index (κ2) is 6.91. The van der Waals surface area contributed by atoms with Gasteiger partial charge in [0, 0.05) is 13.1 Å². The molecule has 0 saturated carbocycles. The van der Waals surface area contributed by atoms with Gasteiger partial charge in [-0.3, -0.25) is 4.79 Å². The number of halogens is 1. The Morgan fingerprint density at radius 1 is 1.58 bits per heavy atom. The third-order valence-electron chi connectivity index (χ3n) is 3.45. The van der Waals surface area contributed by atoms with Crippen molar-refractivity contribution < 1.29 is 0 Å². The molecule has 6 heteroatoms. The topological polar surface area (TPSA) is 61.0 Å². The average Bonchev–Trinajstić information content (AvgIpc) is 2.43. The van der Waals surface area contributed by atoms with E-state index in [0.29, 0.717) is 11.7 Å². The fourth-order valence-electron chi connectivity index (χ4n) is 2.54. The molecule has 1 aromatic rings. The second-order valence-corrected chi connectivity index (χ2v) is 5.41. The van der Waals surface area contributed by atoms with Crippen LogP contribution in [0.25, 0.3) is 0 Å².